The number of benzene rings is 1. The van der Waals surface area contributed by atoms with Crippen LogP contribution in [0.25, 0.3) is 0 Å². The predicted octanol–water partition coefficient (Wildman–Crippen LogP) is 3.21. The number of nitrogens with one attached hydrogen (secondary N) is 1. The van der Waals surface area contributed by atoms with E-state index in [4.69, 9.17) is 0 Å². The monoisotopic (exact) mass is 261 g/mol. The molecule has 0 spiro atoms. The van der Waals surface area contributed by atoms with Gasteiger partial charge < -0.3 is 10.4 Å². The minimum atomic E-state index is -0.143. The average molecular weight is 261 g/mol. The molecule has 3 unspecified atom stereocenters. The van der Waals surface area contributed by atoms with Crippen molar-refractivity contribution in [3.05, 3.63) is 35.4 Å². The van der Waals surface area contributed by atoms with Crippen molar-refractivity contribution in [3.8, 4) is 0 Å². The Kier molecular flexibility index (Phi) is 5.41. The molecule has 0 radical (unpaired) electrons. The standard InChI is InChI=1S/C17H27NO/c1-13-6-5-7-15(12-13)11-10-14(2)18-16-8-3-4-9-17(16)19/h5-7,12,14,16-19H,3-4,8-11H2,1-2H3. The summed E-state index contributed by atoms with van der Waals surface area (Å²) in [6.45, 7) is 4.38. The van der Waals surface area contributed by atoms with Crippen molar-refractivity contribution in [1.29, 1.82) is 0 Å². The van der Waals surface area contributed by atoms with Crippen molar-refractivity contribution in [2.75, 3.05) is 0 Å². The molecule has 1 fully saturated rings. The number of aliphatic hydroxyl groups is 1. The highest BCUT2D eigenvalue weighted by Crippen LogP contribution is 2.19. The van der Waals surface area contributed by atoms with Crippen LogP contribution < -0.4 is 5.32 Å². The van der Waals surface area contributed by atoms with E-state index in [1.165, 1.54) is 24.0 Å². The summed E-state index contributed by atoms with van der Waals surface area (Å²) in [5, 5.41) is 13.6. The first-order chi connectivity index (χ1) is 9.15. The fourth-order valence-electron chi connectivity index (χ4n) is 3.01. The second-order valence-electron chi connectivity index (χ2n) is 6.05. The van der Waals surface area contributed by atoms with Gasteiger partial charge in [0.05, 0.1) is 6.10 Å². The minimum Gasteiger partial charge on any atom is -0.392 e. The second-order valence-corrected chi connectivity index (χ2v) is 6.05. The van der Waals surface area contributed by atoms with Crippen molar-refractivity contribution in [2.45, 2.75) is 70.6 Å². The van der Waals surface area contributed by atoms with Gasteiger partial charge in [0, 0.05) is 12.1 Å². The summed E-state index contributed by atoms with van der Waals surface area (Å²) in [5.74, 6) is 0. The first-order valence-corrected chi connectivity index (χ1v) is 7.65. The van der Waals surface area contributed by atoms with Gasteiger partial charge in [0.2, 0.25) is 0 Å². The Balaban J connectivity index is 1.76. The Hall–Kier alpha value is -0.860. The lowest BCUT2D eigenvalue weighted by Crippen LogP contribution is -2.46. The first-order valence-electron chi connectivity index (χ1n) is 7.65. The molecule has 1 aromatic carbocycles. The number of aryl methyl sites for hydroxylation is 2. The molecule has 1 aliphatic rings. The van der Waals surface area contributed by atoms with Crippen LogP contribution in [0.2, 0.25) is 0 Å². The summed E-state index contributed by atoms with van der Waals surface area (Å²) in [5.41, 5.74) is 2.75. The van der Waals surface area contributed by atoms with E-state index in [-0.39, 0.29) is 6.10 Å². The smallest absolute Gasteiger partial charge is 0.0693 e. The van der Waals surface area contributed by atoms with Crippen molar-refractivity contribution in [1.82, 2.24) is 5.32 Å². The Morgan fingerprint density at radius 2 is 2.11 bits per heavy atom. The van der Waals surface area contributed by atoms with Crippen LogP contribution in [-0.4, -0.2) is 23.3 Å². The zero-order chi connectivity index (χ0) is 13.7. The molecule has 1 aromatic rings. The van der Waals surface area contributed by atoms with Gasteiger partial charge in [0.1, 0.15) is 0 Å². The van der Waals surface area contributed by atoms with Crippen LogP contribution in [0.1, 0.15) is 50.2 Å². The van der Waals surface area contributed by atoms with Crippen LogP contribution in [0.4, 0.5) is 0 Å². The van der Waals surface area contributed by atoms with Gasteiger partial charge in [0.15, 0.2) is 0 Å². The highest BCUT2D eigenvalue weighted by molar-refractivity contribution is 5.22. The molecule has 0 bridgehead atoms. The normalized spacial score (nSPS) is 25.2. The van der Waals surface area contributed by atoms with Gasteiger partial charge in [-0.15, -0.1) is 0 Å². The van der Waals surface area contributed by atoms with Gasteiger partial charge >= 0.3 is 0 Å². The molecule has 2 heteroatoms. The lowest BCUT2D eigenvalue weighted by atomic mass is 9.91. The van der Waals surface area contributed by atoms with Crippen molar-refractivity contribution in [3.63, 3.8) is 0 Å². The third kappa shape index (κ3) is 4.63. The molecule has 0 aromatic heterocycles. The van der Waals surface area contributed by atoms with Crippen LogP contribution >= 0.6 is 0 Å². The highest BCUT2D eigenvalue weighted by Gasteiger charge is 2.23. The van der Waals surface area contributed by atoms with E-state index < -0.39 is 0 Å². The van der Waals surface area contributed by atoms with E-state index in [1.54, 1.807) is 0 Å². The molecule has 2 nitrogen and oxygen atoms in total. The number of rotatable bonds is 5. The summed E-state index contributed by atoms with van der Waals surface area (Å²) in [6.07, 6.45) is 6.61. The Morgan fingerprint density at radius 3 is 2.84 bits per heavy atom. The maximum atomic E-state index is 9.98. The van der Waals surface area contributed by atoms with E-state index >= 15 is 0 Å². The van der Waals surface area contributed by atoms with Crippen LogP contribution in [0, 0.1) is 6.92 Å². The summed E-state index contributed by atoms with van der Waals surface area (Å²) in [7, 11) is 0. The molecule has 1 saturated carbocycles. The van der Waals surface area contributed by atoms with Gasteiger partial charge in [-0.2, -0.15) is 0 Å². The highest BCUT2D eigenvalue weighted by atomic mass is 16.3. The van der Waals surface area contributed by atoms with E-state index in [9.17, 15) is 5.11 Å². The molecule has 19 heavy (non-hydrogen) atoms. The first kappa shape index (κ1) is 14.5. The van der Waals surface area contributed by atoms with Crippen molar-refractivity contribution < 1.29 is 5.11 Å². The van der Waals surface area contributed by atoms with Crippen LogP contribution in [0.3, 0.4) is 0 Å². The Labute approximate surface area is 117 Å². The maximum absolute atomic E-state index is 9.98. The zero-order valence-electron chi connectivity index (χ0n) is 12.2. The SMILES string of the molecule is Cc1cccc(CCC(C)NC2CCCCC2O)c1. The van der Waals surface area contributed by atoms with Crippen molar-refractivity contribution >= 4 is 0 Å². The molecule has 3 atom stereocenters. The molecular weight excluding hydrogens is 234 g/mol. The number of hydrogen-bond donors (Lipinski definition) is 2. The summed E-state index contributed by atoms with van der Waals surface area (Å²) in [6, 6.07) is 9.52. The summed E-state index contributed by atoms with van der Waals surface area (Å²) in [4.78, 5) is 0. The summed E-state index contributed by atoms with van der Waals surface area (Å²) >= 11 is 0. The third-order valence-electron chi connectivity index (χ3n) is 4.18. The van der Waals surface area contributed by atoms with E-state index in [2.05, 4.69) is 43.4 Å². The fraction of sp³-hybridized carbons (Fsp3) is 0.647. The quantitative estimate of drug-likeness (QED) is 0.853. The molecule has 0 heterocycles. The Morgan fingerprint density at radius 1 is 1.32 bits per heavy atom. The largest absolute Gasteiger partial charge is 0.392 e. The molecule has 0 aliphatic heterocycles. The molecular formula is C17H27NO. The van der Waals surface area contributed by atoms with Crippen LogP contribution in [-0.2, 0) is 6.42 Å². The summed E-state index contributed by atoms with van der Waals surface area (Å²) < 4.78 is 0. The van der Waals surface area contributed by atoms with E-state index in [0.717, 1.165) is 25.7 Å². The lowest BCUT2D eigenvalue weighted by molar-refractivity contribution is 0.0854. The second kappa shape index (κ2) is 7.06. The molecule has 0 saturated heterocycles. The molecule has 0 amide bonds. The Bertz CT molecular complexity index is 391. The fourth-order valence-corrected chi connectivity index (χ4v) is 3.01. The zero-order valence-corrected chi connectivity index (χ0v) is 12.2. The average Bonchev–Trinajstić information content (AvgIpc) is 2.39. The lowest BCUT2D eigenvalue weighted by Gasteiger charge is -2.31. The van der Waals surface area contributed by atoms with Crippen LogP contribution in [0.5, 0.6) is 0 Å². The minimum absolute atomic E-state index is 0.143. The topological polar surface area (TPSA) is 32.3 Å². The molecule has 1 aliphatic carbocycles. The molecule has 2 N–H and O–H groups in total. The number of aliphatic hydroxyl groups excluding tert-OH is 1. The predicted molar refractivity (Wildman–Crippen MR) is 80.4 cm³/mol. The third-order valence-corrected chi connectivity index (χ3v) is 4.18. The van der Waals surface area contributed by atoms with E-state index in [0.29, 0.717) is 12.1 Å². The van der Waals surface area contributed by atoms with E-state index in [1.807, 2.05) is 0 Å². The van der Waals surface area contributed by atoms with Gasteiger partial charge in [-0.25, -0.2) is 0 Å². The molecule has 2 rings (SSSR count). The number of hydrogen-bond acceptors (Lipinski definition) is 2. The van der Waals surface area contributed by atoms with Gasteiger partial charge in [-0.05, 0) is 45.1 Å². The van der Waals surface area contributed by atoms with Gasteiger partial charge in [-0.3, -0.25) is 0 Å². The molecule has 106 valence electrons. The van der Waals surface area contributed by atoms with Gasteiger partial charge in [0.25, 0.3) is 0 Å². The van der Waals surface area contributed by atoms with Crippen molar-refractivity contribution in [2.24, 2.45) is 0 Å². The van der Waals surface area contributed by atoms with Gasteiger partial charge in [-0.1, -0.05) is 42.7 Å². The van der Waals surface area contributed by atoms with Crippen LogP contribution in [0.15, 0.2) is 24.3 Å². The maximum Gasteiger partial charge on any atom is 0.0693 e.